The Morgan fingerprint density at radius 2 is 1.88 bits per heavy atom. The zero-order chi connectivity index (χ0) is 12.0. The standard InChI is InChI=1S/C14H26N2/c1-11(2)12(3)10-16-14-8-6-4-5-7-13(14)9-15/h11-14,16H,4-8,10H2,1-3H3. The second-order valence-corrected chi connectivity index (χ2v) is 5.61. The maximum absolute atomic E-state index is 9.17. The highest BCUT2D eigenvalue weighted by molar-refractivity contribution is 4.93. The number of rotatable bonds is 4. The fourth-order valence-electron chi connectivity index (χ4n) is 2.28. The molecular formula is C14H26N2. The van der Waals surface area contributed by atoms with Gasteiger partial charge in [0.25, 0.3) is 0 Å². The van der Waals surface area contributed by atoms with E-state index in [1.807, 2.05) is 0 Å². The van der Waals surface area contributed by atoms with Crippen molar-refractivity contribution in [3.8, 4) is 6.07 Å². The van der Waals surface area contributed by atoms with E-state index < -0.39 is 0 Å². The largest absolute Gasteiger partial charge is 0.312 e. The zero-order valence-corrected chi connectivity index (χ0v) is 11.0. The number of hydrogen-bond acceptors (Lipinski definition) is 2. The number of nitrogens with zero attached hydrogens (tertiary/aromatic N) is 1. The summed E-state index contributed by atoms with van der Waals surface area (Å²) in [7, 11) is 0. The molecule has 0 amide bonds. The minimum absolute atomic E-state index is 0.238. The van der Waals surface area contributed by atoms with Gasteiger partial charge in [0.05, 0.1) is 12.0 Å². The molecule has 0 aromatic heterocycles. The monoisotopic (exact) mass is 222 g/mol. The molecule has 2 nitrogen and oxygen atoms in total. The first-order chi connectivity index (χ1) is 7.65. The maximum atomic E-state index is 9.17. The van der Waals surface area contributed by atoms with Crippen molar-refractivity contribution in [3.63, 3.8) is 0 Å². The fourth-order valence-corrected chi connectivity index (χ4v) is 2.28. The van der Waals surface area contributed by atoms with Crippen LogP contribution in [0.4, 0.5) is 0 Å². The molecule has 0 saturated heterocycles. The Bertz CT molecular complexity index is 229. The lowest BCUT2D eigenvalue weighted by atomic mass is 9.94. The molecule has 3 atom stereocenters. The smallest absolute Gasteiger partial charge is 0.0672 e. The Hall–Kier alpha value is -0.550. The van der Waals surface area contributed by atoms with E-state index in [4.69, 9.17) is 0 Å². The Labute approximate surface area is 100 Å². The molecule has 1 saturated carbocycles. The lowest BCUT2D eigenvalue weighted by molar-refractivity contribution is 0.328. The van der Waals surface area contributed by atoms with Gasteiger partial charge in [-0.05, 0) is 31.2 Å². The van der Waals surface area contributed by atoms with Crippen LogP contribution in [-0.2, 0) is 0 Å². The van der Waals surface area contributed by atoms with Crippen molar-refractivity contribution in [3.05, 3.63) is 0 Å². The van der Waals surface area contributed by atoms with Crippen LogP contribution in [0.1, 0.15) is 52.9 Å². The number of hydrogen-bond donors (Lipinski definition) is 1. The predicted octanol–water partition coefficient (Wildman–Crippen LogP) is 3.34. The van der Waals surface area contributed by atoms with Gasteiger partial charge in [0, 0.05) is 6.04 Å². The molecular weight excluding hydrogens is 196 g/mol. The molecule has 0 radical (unpaired) electrons. The lowest BCUT2D eigenvalue weighted by Gasteiger charge is -2.24. The number of nitriles is 1. The fraction of sp³-hybridized carbons (Fsp3) is 0.929. The zero-order valence-electron chi connectivity index (χ0n) is 11.0. The van der Waals surface area contributed by atoms with Crippen molar-refractivity contribution in [2.75, 3.05) is 6.54 Å². The third-order valence-electron chi connectivity index (χ3n) is 4.02. The molecule has 0 aliphatic heterocycles. The van der Waals surface area contributed by atoms with Crippen LogP contribution < -0.4 is 5.32 Å². The Balaban J connectivity index is 2.40. The molecule has 1 rings (SSSR count). The topological polar surface area (TPSA) is 35.8 Å². The van der Waals surface area contributed by atoms with Crippen molar-refractivity contribution in [2.24, 2.45) is 17.8 Å². The summed E-state index contributed by atoms with van der Waals surface area (Å²) in [6, 6.07) is 2.92. The highest BCUT2D eigenvalue weighted by Crippen LogP contribution is 2.23. The van der Waals surface area contributed by atoms with E-state index >= 15 is 0 Å². The average Bonchev–Trinajstić information content (AvgIpc) is 2.50. The van der Waals surface area contributed by atoms with Crippen LogP contribution in [0.5, 0.6) is 0 Å². The van der Waals surface area contributed by atoms with E-state index in [-0.39, 0.29) is 5.92 Å². The van der Waals surface area contributed by atoms with Gasteiger partial charge in [-0.15, -0.1) is 0 Å². The van der Waals surface area contributed by atoms with Crippen molar-refractivity contribution in [1.82, 2.24) is 5.32 Å². The molecule has 16 heavy (non-hydrogen) atoms. The minimum Gasteiger partial charge on any atom is -0.312 e. The lowest BCUT2D eigenvalue weighted by Crippen LogP contribution is -2.38. The normalized spacial score (nSPS) is 28.4. The van der Waals surface area contributed by atoms with Gasteiger partial charge in [-0.3, -0.25) is 0 Å². The molecule has 3 unspecified atom stereocenters. The van der Waals surface area contributed by atoms with Crippen LogP contribution in [-0.4, -0.2) is 12.6 Å². The van der Waals surface area contributed by atoms with Gasteiger partial charge in [-0.2, -0.15) is 5.26 Å². The van der Waals surface area contributed by atoms with E-state index in [0.717, 1.165) is 18.9 Å². The van der Waals surface area contributed by atoms with Crippen LogP contribution in [0.3, 0.4) is 0 Å². The molecule has 0 aromatic rings. The molecule has 2 heteroatoms. The van der Waals surface area contributed by atoms with Gasteiger partial charge in [-0.25, -0.2) is 0 Å². The van der Waals surface area contributed by atoms with E-state index in [1.165, 1.54) is 25.7 Å². The molecule has 1 N–H and O–H groups in total. The molecule has 1 fully saturated rings. The van der Waals surface area contributed by atoms with E-state index in [9.17, 15) is 5.26 Å². The van der Waals surface area contributed by atoms with Crippen LogP contribution in [0.25, 0.3) is 0 Å². The minimum atomic E-state index is 0.238. The first kappa shape index (κ1) is 13.5. The summed E-state index contributed by atoms with van der Waals surface area (Å²) < 4.78 is 0. The second-order valence-electron chi connectivity index (χ2n) is 5.61. The highest BCUT2D eigenvalue weighted by atomic mass is 14.9. The summed E-state index contributed by atoms with van der Waals surface area (Å²) in [5.74, 6) is 1.66. The first-order valence-electron chi connectivity index (χ1n) is 6.78. The van der Waals surface area contributed by atoms with Gasteiger partial charge in [0.15, 0.2) is 0 Å². The SMILES string of the molecule is CC(C)C(C)CNC1CCCCCC1C#N. The van der Waals surface area contributed by atoms with Crippen molar-refractivity contribution in [1.29, 1.82) is 5.26 Å². The summed E-state index contributed by atoms with van der Waals surface area (Å²) in [5, 5.41) is 12.8. The van der Waals surface area contributed by atoms with E-state index in [2.05, 4.69) is 32.2 Å². The summed E-state index contributed by atoms with van der Waals surface area (Å²) in [6.07, 6.45) is 6.09. The quantitative estimate of drug-likeness (QED) is 0.740. The first-order valence-corrected chi connectivity index (χ1v) is 6.78. The van der Waals surface area contributed by atoms with Crippen molar-refractivity contribution >= 4 is 0 Å². The van der Waals surface area contributed by atoms with Gasteiger partial charge < -0.3 is 5.32 Å². The third-order valence-corrected chi connectivity index (χ3v) is 4.02. The highest BCUT2D eigenvalue weighted by Gasteiger charge is 2.23. The molecule has 0 bridgehead atoms. The maximum Gasteiger partial charge on any atom is 0.0672 e. The second kappa shape index (κ2) is 6.91. The molecule has 1 aliphatic rings. The average molecular weight is 222 g/mol. The molecule has 0 spiro atoms. The van der Waals surface area contributed by atoms with Gasteiger partial charge in [-0.1, -0.05) is 40.0 Å². The van der Waals surface area contributed by atoms with E-state index in [1.54, 1.807) is 0 Å². The van der Waals surface area contributed by atoms with Crippen LogP contribution in [0.15, 0.2) is 0 Å². The molecule has 0 aromatic carbocycles. The number of nitrogens with one attached hydrogen (secondary N) is 1. The molecule has 1 aliphatic carbocycles. The Kier molecular flexibility index (Phi) is 5.84. The molecule has 92 valence electrons. The third kappa shape index (κ3) is 4.14. The Morgan fingerprint density at radius 1 is 1.19 bits per heavy atom. The van der Waals surface area contributed by atoms with Crippen LogP contribution in [0.2, 0.25) is 0 Å². The van der Waals surface area contributed by atoms with Crippen LogP contribution in [0, 0.1) is 29.1 Å². The predicted molar refractivity (Wildman–Crippen MR) is 68.0 cm³/mol. The summed E-state index contributed by atoms with van der Waals surface area (Å²) in [4.78, 5) is 0. The van der Waals surface area contributed by atoms with Crippen molar-refractivity contribution in [2.45, 2.75) is 58.9 Å². The summed E-state index contributed by atoms with van der Waals surface area (Å²) in [5.41, 5.74) is 0. The van der Waals surface area contributed by atoms with Gasteiger partial charge in [0.2, 0.25) is 0 Å². The summed E-state index contributed by atoms with van der Waals surface area (Å²) >= 11 is 0. The van der Waals surface area contributed by atoms with Crippen molar-refractivity contribution < 1.29 is 0 Å². The van der Waals surface area contributed by atoms with E-state index in [0.29, 0.717) is 12.0 Å². The molecule has 0 heterocycles. The Morgan fingerprint density at radius 3 is 2.50 bits per heavy atom. The van der Waals surface area contributed by atoms with Gasteiger partial charge >= 0.3 is 0 Å². The van der Waals surface area contributed by atoms with Gasteiger partial charge in [0.1, 0.15) is 0 Å². The summed E-state index contributed by atoms with van der Waals surface area (Å²) in [6.45, 7) is 7.87. The van der Waals surface area contributed by atoms with Crippen LogP contribution >= 0.6 is 0 Å².